The van der Waals surface area contributed by atoms with Crippen molar-refractivity contribution in [3.63, 3.8) is 0 Å². The van der Waals surface area contributed by atoms with Crippen molar-refractivity contribution in [1.29, 1.82) is 0 Å². The van der Waals surface area contributed by atoms with Gasteiger partial charge in [-0.05, 0) is 43.7 Å². The molecule has 3 rings (SSSR count). The van der Waals surface area contributed by atoms with Crippen LogP contribution in [0, 0.1) is 5.92 Å². The lowest BCUT2D eigenvalue weighted by Gasteiger charge is -2.33. The Bertz CT molecular complexity index is 632. The lowest BCUT2D eigenvalue weighted by atomic mass is 9.98. The molecule has 1 atom stereocenters. The highest BCUT2D eigenvalue weighted by Crippen LogP contribution is 2.20. The Morgan fingerprint density at radius 1 is 1.36 bits per heavy atom. The zero-order valence-corrected chi connectivity index (χ0v) is 14.4. The third-order valence-corrected chi connectivity index (χ3v) is 4.70. The average Bonchev–Trinajstić information content (AvgIpc) is 2.67. The van der Waals surface area contributed by atoms with Crippen LogP contribution < -0.4 is 15.6 Å². The Balaban J connectivity index is 1.39. The Hall–Kier alpha value is -2.44. The number of pyridine rings is 1. The topological polar surface area (TPSA) is 86.7 Å². The van der Waals surface area contributed by atoms with Crippen LogP contribution in [-0.4, -0.2) is 42.1 Å². The highest BCUT2D eigenvalue weighted by molar-refractivity contribution is 5.94. The summed E-state index contributed by atoms with van der Waals surface area (Å²) in [5.74, 6) is 1.46. The van der Waals surface area contributed by atoms with Crippen LogP contribution in [0.25, 0.3) is 0 Å². The Kier molecular flexibility index (Phi) is 5.98. The summed E-state index contributed by atoms with van der Waals surface area (Å²) in [6.45, 7) is 2.65. The fourth-order valence-electron chi connectivity index (χ4n) is 3.28. The highest BCUT2D eigenvalue weighted by atomic mass is 16.2. The molecule has 0 unspecified atom stereocenters. The molecule has 2 aliphatic heterocycles. The summed E-state index contributed by atoms with van der Waals surface area (Å²) in [6.07, 6.45) is 6.21. The van der Waals surface area contributed by atoms with Gasteiger partial charge in [-0.15, -0.1) is 0 Å². The normalized spacial score (nSPS) is 20.6. The van der Waals surface area contributed by atoms with Crippen molar-refractivity contribution in [1.82, 2.24) is 15.7 Å². The minimum absolute atomic E-state index is 0.0505. The molecule has 0 saturated carbocycles. The monoisotopic (exact) mass is 343 g/mol. The van der Waals surface area contributed by atoms with E-state index in [1.165, 1.54) is 0 Å². The number of amides is 2. The first kappa shape index (κ1) is 17.4. The molecule has 1 aromatic heterocycles. The van der Waals surface area contributed by atoms with E-state index in [0.717, 1.165) is 37.5 Å². The summed E-state index contributed by atoms with van der Waals surface area (Å²) in [5, 5.41) is 7.04. The van der Waals surface area contributed by atoms with Crippen LogP contribution >= 0.6 is 0 Å². The maximum Gasteiger partial charge on any atom is 0.240 e. The third kappa shape index (κ3) is 5.27. The van der Waals surface area contributed by atoms with E-state index in [0.29, 0.717) is 38.1 Å². The number of carbonyl (C=O) groups excluding carboxylic acids is 2. The van der Waals surface area contributed by atoms with Crippen LogP contribution in [0.5, 0.6) is 0 Å². The van der Waals surface area contributed by atoms with Gasteiger partial charge in [0.1, 0.15) is 5.82 Å². The van der Waals surface area contributed by atoms with Crippen LogP contribution in [0.15, 0.2) is 29.5 Å². The van der Waals surface area contributed by atoms with Gasteiger partial charge >= 0.3 is 0 Å². The first-order valence-electron chi connectivity index (χ1n) is 8.97. The minimum Gasteiger partial charge on any atom is -0.356 e. The van der Waals surface area contributed by atoms with E-state index < -0.39 is 0 Å². The number of piperidine rings is 1. The number of hydrogen-bond acceptors (Lipinski definition) is 5. The molecular weight excluding hydrogens is 318 g/mol. The molecular formula is C18H25N5O2. The lowest BCUT2D eigenvalue weighted by Crippen LogP contribution is -2.41. The zero-order chi connectivity index (χ0) is 17.5. The molecule has 2 aliphatic rings. The first-order chi connectivity index (χ1) is 12.2. The van der Waals surface area contributed by atoms with Gasteiger partial charge in [-0.1, -0.05) is 6.07 Å². The van der Waals surface area contributed by atoms with Crippen LogP contribution in [-0.2, 0) is 9.59 Å². The second-order valence-corrected chi connectivity index (χ2v) is 6.66. The molecule has 1 aromatic rings. The van der Waals surface area contributed by atoms with Gasteiger partial charge in [0.25, 0.3) is 0 Å². The summed E-state index contributed by atoms with van der Waals surface area (Å²) < 4.78 is 0. The molecule has 1 saturated heterocycles. The second kappa shape index (κ2) is 8.60. The van der Waals surface area contributed by atoms with Gasteiger partial charge in [-0.25, -0.2) is 10.4 Å². The predicted octanol–water partition coefficient (Wildman–Crippen LogP) is 1.46. The summed E-state index contributed by atoms with van der Waals surface area (Å²) >= 11 is 0. The lowest BCUT2D eigenvalue weighted by molar-refractivity contribution is -0.121. The molecule has 0 aromatic carbocycles. The summed E-state index contributed by atoms with van der Waals surface area (Å²) in [5.41, 5.74) is 3.36. The SMILES string of the molecule is O=C(CCC1=NNC(=O)CC1)NC[C@@H]1CCCN(c2ccccn2)C1. The number of carbonyl (C=O) groups is 2. The van der Waals surface area contributed by atoms with Crippen LogP contribution in [0.3, 0.4) is 0 Å². The van der Waals surface area contributed by atoms with Crippen molar-refractivity contribution in [3.05, 3.63) is 24.4 Å². The molecule has 0 radical (unpaired) electrons. The number of anilines is 1. The molecule has 7 nitrogen and oxygen atoms in total. The van der Waals surface area contributed by atoms with Crippen molar-refractivity contribution < 1.29 is 9.59 Å². The fraction of sp³-hybridized carbons (Fsp3) is 0.556. The van der Waals surface area contributed by atoms with Crippen LogP contribution in [0.1, 0.15) is 38.5 Å². The van der Waals surface area contributed by atoms with E-state index in [4.69, 9.17) is 0 Å². The largest absolute Gasteiger partial charge is 0.356 e. The third-order valence-electron chi connectivity index (χ3n) is 4.70. The number of hydrazone groups is 1. The Morgan fingerprint density at radius 2 is 2.28 bits per heavy atom. The van der Waals surface area contributed by atoms with E-state index >= 15 is 0 Å². The summed E-state index contributed by atoms with van der Waals surface area (Å²) in [7, 11) is 0. The van der Waals surface area contributed by atoms with Gasteiger partial charge in [0.05, 0.1) is 0 Å². The predicted molar refractivity (Wildman–Crippen MR) is 96.2 cm³/mol. The molecule has 25 heavy (non-hydrogen) atoms. The quantitative estimate of drug-likeness (QED) is 0.819. The van der Waals surface area contributed by atoms with E-state index in [2.05, 4.69) is 25.7 Å². The molecule has 1 fully saturated rings. The average molecular weight is 343 g/mol. The summed E-state index contributed by atoms with van der Waals surface area (Å²) in [4.78, 5) is 29.8. The molecule has 134 valence electrons. The van der Waals surface area contributed by atoms with E-state index in [1.807, 2.05) is 24.4 Å². The van der Waals surface area contributed by atoms with Crippen molar-refractivity contribution in [2.45, 2.75) is 38.5 Å². The van der Waals surface area contributed by atoms with Gasteiger partial charge in [-0.3, -0.25) is 9.59 Å². The van der Waals surface area contributed by atoms with Crippen molar-refractivity contribution in [2.75, 3.05) is 24.5 Å². The van der Waals surface area contributed by atoms with Gasteiger partial charge < -0.3 is 10.2 Å². The molecule has 2 N–H and O–H groups in total. The molecule has 0 bridgehead atoms. The van der Waals surface area contributed by atoms with E-state index in [9.17, 15) is 9.59 Å². The van der Waals surface area contributed by atoms with Crippen LogP contribution in [0.2, 0.25) is 0 Å². The minimum atomic E-state index is -0.0528. The van der Waals surface area contributed by atoms with Gasteiger partial charge in [0.2, 0.25) is 11.8 Å². The number of aromatic nitrogens is 1. The Labute approximate surface area is 147 Å². The maximum atomic E-state index is 12.1. The van der Waals surface area contributed by atoms with E-state index in [1.54, 1.807) is 0 Å². The van der Waals surface area contributed by atoms with Gasteiger partial charge in [-0.2, -0.15) is 5.10 Å². The number of nitrogens with one attached hydrogen (secondary N) is 2. The van der Waals surface area contributed by atoms with Gasteiger partial charge in [0, 0.05) is 44.4 Å². The highest BCUT2D eigenvalue weighted by Gasteiger charge is 2.21. The van der Waals surface area contributed by atoms with E-state index in [-0.39, 0.29) is 11.8 Å². The fourth-order valence-corrected chi connectivity index (χ4v) is 3.28. The molecule has 3 heterocycles. The van der Waals surface area contributed by atoms with Gasteiger partial charge in [0.15, 0.2) is 0 Å². The first-order valence-corrected chi connectivity index (χ1v) is 8.97. The molecule has 7 heteroatoms. The molecule has 2 amide bonds. The number of hydrogen-bond donors (Lipinski definition) is 2. The second-order valence-electron chi connectivity index (χ2n) is 6.66. The Morgan fingerprint density at radius 3 is 3.04 bits per heavy atom. The maximum absolute atomic E-state index is 12.1. The molecule has 0 aliphatic carbocycles. The van der Waals surface area contributed by atoms with Crippen LogP contribution in [0.4, 0.5) is 5.82 Å². The van der Waals surface area contributed by atoms with Crippen molar-refractivity contribution >= 4 is 23.3 Å². The standard InChI is InChI=1S/C18H25N5O2/c24-17(8-6-15-7-9-18(25)22-21-15)20-12-14-4-3-11-23(13-14)16-5-1-2-10-19-16/h1-2,5,10,14H,3-4,6-9,11-13H2,(H,20,24)(H,22,25)/t14-/m0/s1. The summed E-state index contributed by atoms with van der Waals surface area (Å²) in [6, 6.07) is 5.96. The smallest absolute Gasteiger partial charge is 0.240 e. The number of rotatable bonds is 6. The van der Waals surface area contributed by atoms with Crippen molar-refractivity contribution in [3.8, 4) is 0 Å². The molecule has 0 spiro atoms. The number of nitrogens with zero attached hydrogens (tertiary/aromatic N) is 3. The van der Waals surface area contributed by atoms with Crippen molar-refractivity contribution in [2.24, 2.45) is 11.0 Å². The zero-order valence-electron chi connectivity index (χ0n) is 14.4.